The molecule has 0 saturated carbocycles. The first-order valence-corrected chi connectivity index (χ1v) is 12.1. The molecule has 2 heterocycles. The number of nitrogens with one attached hydrogen (secondary N) is 1. The minimum Gasteiger partial charge on any atom is -0.444 e. The molecule has 8 heteroatoms. The van der Waals surface area contributed by atoms with Gasteiger partial charge in [0.05, 0.1) is 5.69 Å². The molecule has 2 rings (SSSR count). The largest absolute Gasteiger partial charge is 0.444 e. The maximum Gasteiger partial charge on any atom is 0.410 e. The predicted octanol–water partition coefficient (Wildman–Crippen LogP) is 4.16. The van der Waals surface area contributed by atoms with Gasteiger partial charge in [0.2, 0.25) is 0 Å². The molecule has 0 aliphatic carbocycles. The van der Waals surface area contributed by atoms with Crippen molar-refractivity contribution in [2.45, 2.75) is 79.8 Å². The first-order chi connectivity index (χ1) is 15.1. The van der Waals surface area contributed by atoms with Gasteiger partial charge in [-0.25, -0.2) is 4.79 Å². The van der Waals surface area contributed by atoms with Crippen LogP contribution in [0.5, 0.6) is 0 Å². The van der Waals surface area contributed by atoms with Crippen LogP contribution < -0.4 is 5.32 Å². The Balaban J connectivity index is 1.84. The fourth-order valence-corrected chi connectivity index (χ4v) is 4.02. The first kappa shape index (κ1) is 26.0. The van der Waals surface area contributed by atoms with E-state index in [2.05, 4.69) is 22.3 Å². The first-order valence-electron chi connectivity index (χ1n) is 12.1. The summed E-state index contributed by atoms with van der Waals surface area (Å²) in [7, 11) is 0. The van der Waals surface area contributed by atoms with Crippen molar-refractivity contribution in [1.82, 2.24) is 20.3 Å². The lowest BCUT2D eigenvalue weighted by Gasteiger charge is -2.36. The zero-order valence-corrected chi connectivity index (χ0v) is 21.2. The van der Waals surface area contributed by atoms with Crippen molar-refractivity contribution in [3.8, 4) is 0 Å². The number of guanidine groups is 1. The summed E-state index contributed by atoms with van der Waals surface area (Å²) >= 11 is 0. The molecule has 1 fully saturated rings. The molecular formula is C24H43N5O3. The maximum absolute atomic E-state index is 12.4. The van der Waals surface area contributed by atoms with Crippen molar-refractivity contribution in [2.24, 2.45) is 10.9 Å². The molecule has 8 nitrogen and oxygen atoms in total. The number of aryl methyl sites for hydroxylation is 2. The third kappa shape index (κ3) is 8.02. The average molecular weight is 450 g/mol. The predicted molar refractivity (Wildman–Crippen MR) is 128 cm³/mol. The van der Waals surface area contributed by atoms with Crippen molar-refractivity contribution < 1.29 is 14.1 Å². The molecule has 0 spiro atoms. The molecule has 182 valence electrons. The lowest BCUT2D eigenvalue weighted by Crippen LogP contribution is -2.48. The lowest BCUT2D eigenvalue weighted by atomic mass is 9.96. The SMILES string of the molecule is CCNC(=NCCCc1c(C)noc1C)N1CCC(CN(CC)C(=O)OC(C)(C)C)CC1. The smallest absolute Gasteiger partial charge is 0.410 e. The zero-order chi connectivity index (χ0) is 23.7. The van der Waals surface area contributed by atoms with Gasteiger partial charge in [-0.3, -0.25) is 4.99 Å². The highest BCUT2D eigenvalue weighted by Crippen LogP contribution is 2.20. The Morgan fingerprint density at radius 2 is 1.97 bits per heavy atom. The molecule has 0 unspecified atom stereocenters. The van der Waals surface area contributed by atoms with Gasteiger partial charge in [-0.05, 0) is 80.1 Å². The van der Waals surface area contributed by atoms with Gasteiger partial charge in [0.1, 0.15) is 11.4 Å². The number of hydrogen-bond donors (Lipinski definition) is 1. The van der Waals surface area contributed by atoms with Gasteiger partial charge in [-0.2, -0.15) is 0 Å². The number of piperidine rings is 1. The summed E-state index contributed by atoms with van der Waals surface area (Å²) in [5, 5.41) is 7.47. The average Bonchev–Trinajstić information content (AvgIpc) is 3.05. The molecule has 0 radical (unpaired) electrons. The van der Waals surface area contributed by atoms with Crippen molar-refractivity contribution in [2.75, 3.05) is 39.3 Å². The summed E-state index contributed by atoms with van der Waals surface area (Å²) in [6.45, 7) is 18.8. The second-order valence-electron chi connectivity index (χ2n) is 9.59. The number of rotatable bonds is 8. The van der Waals surface area contributed by atoms with Gasteiger partial charge in [-0.1, -0.05) is 5.16 Å². The van der Waals surface area contributed by atoms with Crippen LogP contribution in [0.2, 0.25) is 0 Å². The van der Waals surface area contributed by atoms with Crippen molar-refractivity contribution in [3.63, 3.8) is 0 Å². The Morgan fingerprint density at radius 1 is 1.28 bits per heavy atom. The van der Waals surface area contributed by atoms with Gasteiger partial charge in [0.25, 0.3) is 0 Å². The Kier molecular flexibility index (Phi) is 9.84. The second kappa shape index (κ2) is 12.1. The van der Waals surface area contributed by atoms with Crippen molar-refractivity contribution >= 4 is 12.1 Å². The Morgan fingerprint density at radius 3 is 2.50 bits per heavy atom. The number of ether oxygens (including phenoxy) is 1. The standard InChI is InChI=1S/C24H43N5O3/c1-8-25-22(26-14-10-11-21-18(3)27-32-19(21)4)29-15-12-20(13-16-29)17-28(9-2)23(30)31-24(5,6)7/h20H,8-17H2,1-7H3,(H,25,26). The number of carbonyl (C=O) groups excluding carboxylic acids is 1. The second-order valence-corrected chi connectivity index (χ2v) is 9.59. The summed E-state index contributed by atoms with van der Waals surface area (Å²) in [5.74, 6) is 2.39. The Bertz CT molecular complexity index is 726. The van der Waals surface area contributed by atoms with Crippen LogP contribution in [0, 0.1) is 19.8 Å². The molecule has 1 aromatic heterocycles. The quantitative estimate of drug-likeness (QED) is 0.365. The number of nitrogens with zero attached hydrogens (tertiary/aromatic N) is 4. The van der Waals surface area contributed by atoms with Gasteiger partial charge in [-0.15, -0.1) is 0 Å². The third-order valence-electron chi connectivity index (χ3n) is 5.79. The number of aromatic nitrogens is 1. The van der Waals surface area contributed by atoms with E-state index < -0.39 is 5.60 Å². The van der Waals surface area contributed by atoms with Crippen LogP contribution >= 0.6 is 0 Å². The number of amides is 1. The molecule has 0 bridgehead atoms. The van der Waals surface area contributed by atoms with Crippen LogP contribution in [0.1, 0.15) is 70.9 Å². The van der Waals surface area contributed by atoms with E-state index in [1.165, 1.54) is 5.56 Å². The van der Waals surface area contributed by atoms with Crippen LogP contribution in [-0.2, 0) is 11.2 Å². The molecule has 0 atom stereocenters. The van der Waals surface area contributed by atoms with Crippen LogP contribution in [0.25, 0.3) is 0 Å². The summed E-state index contributed by atoms with van der Waals surface area (Å²) in [6, 6.07) is 0. The molecule has 1 aliphatic heterocycles. The van der Waals surface area contributed by atoms with E-state index in [9.17, 15) is 4.79 Å². The molecule has 1 aromatic rings. The van der Waals surface area contributed by atoms with Gasteiger partial charge in [0.15, 0.2) is 5.96 Å². The van der Waals surface area contributed by atoms with Crippen LogP contribution in [0.15, 0.2) is 9.52 Å². The van der Waals surface area contributed by atoms with Crippen LogP contribution in [-0.4, -0.2) is 71.9 Å². The fourth-order valence-electron chi connectivity index (χ4n) is 4.02. The molecule has 1 saturated heterocycles. The van der Waals surface area contributed by atoms with Gasteiger partial charge < -0.3 is 24.4 Å². The third-order valence-corrected chi connectivity index (χ3v) is 5.79. The minimum absolute atomic E-state index is 0.212. The van der Waals surface area contributed by atoms with Crippen LogP contribution in [0.3, 0.4) is 0 Å². The number of hydrogen-bond acceptors (Lipinski definition) is 5. The van der Waals surface area contributed by atoms with Gasteiger partial charge in [0, 0.05) is 44.8 Å². The lowest BCUT2D eigenvalue weighted by molar-refractivity contribution is 0.0214. The number of aliphatic imine (C=N–C) groups is 1. The fraction of sp³-hybridized carbons (Fsp3) is 0.792. The minimum atomic E-state index is -0.462. The number of carbonyl (C=O) groups is 1. The Labute approximate surface area is 193 Å². The van der Waals surface area contributed by atoms with E-state index in [0.717, 1.165) is 75.8 Å². The zero-order valence-electron chi connectivity index (χ0n) is 21.2. The summed E-state index contributed by atoms with van der Waals surface area (Å²) in [5.41, 5.74) is 1.72. The highest BCUT2D eigenvalue weighted by Gasteiger charge is 2.27. The van der Waals surface area contributed by atoms with E-state index in [0.29, 0.717) is 12.5 Å². The summed E-state index contributed by atoms with van der Waals surface area (Å²) in [6.07, 6.45) is 3.78. The molecule has 1 N–H and O–H groups in total. The maximum atomic E-state index is 12.4. The topological polar surface area (TPSA) is 83.2 Å². The summed E-state index contributed by atoms with van der Waals surface area (Å²) in [4.78, 5) is 21.5. The molecule has 1 aliphatic rings. The normalized spacial score (nSPS) is 15.7. The van der Waals surface area contributed by atoms with E-state index in [1.807, 2.05) is 46.4 Å². The Hall–Kier alpha value is -2.25. The van der Waals surface area contributed by atoms with E-state index in [1.54, 1.807) is 0 Å². The molecule has 0 aromatic carbocycles. The highest BCUT2D eigenvalue weighted by molar-refractivity contribution is 5.80. The highest BCUT2D eigenvalue weighted by atomic mass is 16.6. The molecule has 32 heavy (non-hydrogen) atoms. The van der Waals surface area contributed by atoms with Crippen LogP contribution in [0.4, 0.5) is 4.79 Å². The molecular weight excluding hydrogens is 406 g/mol. The monoisotopic (exact) mass is 449 g/mol. The van der Waals surface area contributed by atoms with E-state index in [4.69, 9.17) is 14.3 Å². The van der Waals surface area contributed by atoms with Gasteiger partial charge >= 0.3 is 6.09 Å². The van der Waals surface area contributed by atoms with E-state index >= 15 is 0 Å². The van der Waals surface area contributed by atoms with E-state index in [-0.39, 0.29) is 6.09 Å². The number of likely N-dealkylation sites (tertiary alicyclic amines) is 1. The van der Waals surface area contributed by atoms with Crippen molar-refractivity contribution in [1.29, 1.82) is 0 Å². The van der Waals surface area contributed by atoms with Crippen molar-refractivity contribution in [3.05, 3.63) is 17.0 Å². The summed E-state index contributed by atoms with van der Waals surface area (Å²) < 4.78 is 10.8. The molecule has 1 amide bonds.